The Labute approximate surface area is 195 Å². The van der Waals surface area contributed by atoms with Crippen molar-refractivity contribution in [1.82, 2.24) is 0 Å². The molecule has 0 unspecified atom stereocenters. The van der Waals surface area contributed by atoms with E-state index in [9.17, 15) is 13.2 Å². The summed E-state index contributed by atoms with van der Waals surface area (Å²) in [6.45, 7) is 5.77. The summed E-state index contributed by atoms with van der Waals surface area (Å²) in [6.07, 6.45) is 3.69. The number of carbonyl (C=O) groups is 1. The van der Waals surface area contributed by atoms with Crippen LogP contribution in [-0.4, -0.2) is 27.4 Å². The highest BCUT2D eigenvalue weighted by atomic mass is 32.2. The molecule has 1 heterocycles. The number of nitrogens with zero attached hydrogens (tertiary/aromatic N) is 1. The standard InChI is InChI=1S/C26H29N3O3S/c1-19-6-10-23(11-7-19)28-33(31,32)25-18-21(9-8-20(25)2)26(30)27-22-12-14-24(15-13-22)29-16-4-3-5-17-29/h6-15,18,28H,3-5,16-17H2,1-2H3,(H,27,30). The summed E-state index contributed by atoms with van der Waals surface area (Å²) >= 11 is 0. The lowest BCUT2D eigenvalue weighted by Gasteiger charge is -2.28. The number of anilines is 3. The van der Waals surface area contributed by atoms with Crippen molar-refractivity contribution in [3.63, 3.8) is 0 Å². The minimum Gasteiger partial charge on any atom is -0.372 e. The first-order valence-electron chi connectivity index (χ1n) is 11.2. The van der Waals surface area contributed by atoms with Crippen LogP contribution in [0.4, 0.5) is 17.1 Å². The van der Waals surface area contributed by atoms with Gasteiger partial charge in [-0.2, -0.15) is 0 Å². The van der Waals surface area contributed by atoms with E-state index in [2.05, 4.69) is 14.9 Å². The number of amides is 1. The highest BCUT2D eigenvalue weighted by Crippen LogP contribution is 2.24. The van der Waals surface area contributed by atoms with Crippen molar-refractivity contribution in [1.29, 1.82) is 0 Å². The van der Waals surface area contributed by atoms with Gasteiger partial charge in [-0.05, 0) is 87.2 Å². The van der Waals surface area contributed by atoms with Crippen molar-refractivity contribution in [3.8, 4) is 0 Å². The molecule has 0 aliphatic carbocycles. The van der Waals surface area contributed by atoms with Crippen molar-refractivity contribution < 1.29 is 13.2 Å². The van der Waals surface area contributed by atoms with Gasteiger partial charge in [0.1, 0.15) is 0 Å². The molecule has 1 aliphatic heterocycles. The van der Waals surface area contributed by atoms with Gasteiger partial charge in [-0.25, -0.2) is 8.42 Å². The second-order valence-corrected chi connectivity index (χ2v) is 10.2. The molecule has 3 aromatic rings. The molecule has 0 spiro atoms. The normalized spacial score (nSPS) is 14.1. The first-order chi connectivity index (χ1) is 15.8. The maximum absolute atomic E-state index is 13.0. The zero-order valence-corrected chi connectivity index (χ0v) is 19.8. The summed E-state index contributed by atoms with van der Waals surface area (Å²) in [5.74, 6) is -0.354. The van der Waals surface area contributed by atoms with Gasteiger partial charge >= 0.3 is 0 Å². The summed E-state index contributed by atoms with van der Waals surface area (Å²) in [4.78, 5) is 15.3. The van der Waals surface area contributed by atoms with E-state index in [4.69, 9.17) is 0 Å². The van der Waals surface area contributed by atoms with Crippen molar-refractivity contribution in [2.75, 3.05) is 28.0 Å². The van der Waals surface area contributed by atoms with Crippen LogP contribution < -0.4 is 14.9 Å². The lowest BCUT2D eigenvalue weighted by atomic mass is 10.1. The fourth-order valence-electron chi connectivity index (χ4n) is 3.97. The topological polar surface area (TPSA) is 78.5 Å². The fourth-order valence-corrected chi connectivity index (χ4v) is 5.30. The third kappa shape index (κ3) is 5.54. The third-order valence-electron chi connectivity index (χ3n) is 5.89. The molecule has 7 heteroatoms. The number of hydrogen-bond donors (Lipinski definition) is 2. The molecule has 0 aromatic heterocycles. The Hall–Kier alpha value is -3.32. The average Bonchev–Trinajstić information content (AvgIpc) is 2.81. The zero-order valence-electron chi connectivity index (χ0n) is 19.0. The molecule has 1 amide bonds. The van der Waals surface area contributed by atoms with Crippen LogP contribution in [0.1, 0.15) is 40.7 Å². The number of rotatable bonds is 6. The van der Waals surface area contributed by atoms with Gasteiger partial charge in [-0.3, -0.25) is 9.52 Å². The maximum Gasteiger partial charge on any atom is 0.262 e. The molecule has 4 rings (SSSR count). The summed E-state index contributed by atoms with van der Waals surface area (Å²) in [5, 5.41) is 2.87. The smallest absolute Gasteiger partial charge is 0.262 e. The van der Waals surface area contributed by atoms with E-state index in [0.29, 0.717) is 16.9 Å². The van der Waals surface area contributed by atoms with Crippen LogP contribution in [0.5, 0.6) is 0 Å². The van der Waals surface area contributed by atoms with Gasteiger partial charge in [-0.1, -0.05) is 23.8 Å². The van der Waals surface area contributed by atoms with E-state index in [1.165, 1.54) is 25.3 Å². The van der Waals surface area contributed by atoms with Crippen molar-refractivity contribution in [2.24, 2.45) is 0 Å². The molecule has 0 bridgehead atoms. The first kappa shape index (κ1) is 22.9. The van der Waals surface area contributed by atoms with Gasteiger partial charge in [0.25, 0.3) is 15.9 Å². The van der Waals surface area contributed by atoms with E-state index in [0.717, 1.165) is 24.3 Å². The quantitative estimate of drug-likeness (QED) is 0.517. The van der Waals surface area contributed by atoms with Crippen LogP contribution in [0.25, 0.3) is 0 Å². The SMILES string of the molecule is Cc1ccc(NS(=O)(=O)c2cc(C(=O)Nc3ccc(N4CCCCC4)cc3)ccc2C)cc1. The van der Waals surface area contributed by atoms with E-state index >= 15 is 0 Å². The van der Waals surface area contributed by atoms with Crippen molar-refractivity contribution in [3.05, 3.63) is 83.4 Å². The molecule has 1 aliphatic rings. The van der Waals surface area contributed by atoms with Crippen LogP contribution in [0.2, 0.25) is 0 Å². The molecule has 1 fully saturated rings. The van der Waals surface area contributed by atoms with Crippen LogP contribution in [-0.2, 0) is 10.0 Å². The summed E-state index contributed by atoms with van der Waals surface area (Å²) < 4.78 is 28.6. The van der Waals surface area contributed by atoms with Crippen LogP contribution in [0.15, 0.2) is 71.6 Å². The Balaban J connectivity index is 1.49. The Morgan fingerprint density at radius 2 is 1.45 bits per heavy atom. The van der Waals surface area contributed by atoms with E-state index in [1.54, 1.807) is 31.2 Å². The van der Waals surface area contributed by atoms with Gasteiger partial charge in [0.2, 0.25) is 0 Å². The molecular formula is C26H29N3O3S. The van der Waals surface area contributed by atoms with Gasteiger partial charge < -0.3 is 10.2 Å². The summed E-state index contributed by atoms with van der Waals surface area (Å²) in [6, 6.07) is 19.6. The minimum absolute atomic E-state index is 0.0798. The van der Waals surface area contributed by atoms with Gasteiger partial charge in [-0.15, -0.1) is 0 Å². The maximum atomic E-state index is 13.0. The number of benzene rings is 3. The second-order valence-electron chi connectivity index (χ2n) is 8.50. The van der Waals surface area contributed by atoms with Crippen LogP contribution >= 0.6 is 0 Å². The Morgan fingerprint density at radius 3 is 2.12 bits per heavy atom. The number of piperidine rings is 1. The molecule has 0 atom stereocenters. The number of sulfonamides is 1. The monoisotopic (exact) mass is 463 g/mol. The van der Waals surface area contributed by atoms with E-state index < -0.39 is 10.0 Å². The molecule has 33 heavy (non-hydrogen) atoms. The van der Waals surface area contributed by atoms with Crippen LogP contribution in [0.3, 0.4) is 0 Å². The lowest BCUT2D eigenvalue weighted by molar-refractivity contribution is 0.102. The highest BCUT2D eigenvalue weighted by molar-refractivity contribution is 7.92. The number of hydrogen-bond acceptors (Lipinski definition) is 4. The number of nitrogens with one attached hydrogen (secondary N) is 2. The van der Waals surface area contributed by atoms with Gasteiger partial charge in [0.15, 0.2) is 0 Å². The van der Waals surface area contributed by atoms with Crippen molar-refractivity contribution in [2.45, 2.75) is 38.0 Å². The predicted molar refractivity (Wildman–Crippen MR) is 134 cm³/mol. The number of aryl methyl sites for hydroxylation is 2. The molecule has 0 radical (unpaired) electrons. The zero-order chi connectivity index (χ0) is 23.4. The van der Waals surface area contributed by atoms with Gasteiger partial charge in [0, 0.05) is 35.7 Å². The van der Waals surface area contributed by atoms with Crippen LogP contribution in [0, 0.1) is 13.8 Å². The summed E-state index contributed by atoms with van der Waals surface area (Å²) in [7, 11) is -3.84. The third-order valence-corrected chi connectivity index (χ3v) is 7.41. The molecular weight excluding hydrogens is 434 g/mol. The predicted octanol–water partition coefficient (Wildman–Crippen LogP) is 5.35. The Morgan fingerprint density at radius 1 is 0.818 bits per heavy atom. The molecule has 0 saturated carbocycles. The fraction of sp³-hybridized carbons (Fsp3) is 0.269. The molecule has 6 nitrogen and oxygen atoms in total. The molecule has 1 saturated heterocycles. The molecule has 2 N–H and O–H groups in total. The average molecular weight is 464 g/mol. The minimum atomic E-state index is -3.84. The van der Waals surface area contributed by atoms with Crippen molar-refractivity contribution >= 4 is 33.0 Å². The lowest BCUT2D eigenvalue weighted by Crippen LogP contribution is -2.29. The molecule has 172 valence electrons. The molecule has 3 aromatic carbocycles. The summed E-state index contributed by atoms with van der Waals surface area (Å²) in [5.41, 5.74) is 4.18. The highest BCUT2D eigenvalue weighted by Gasteiger charge is 2.20. The Bertz CT molecular complexity index is 1230. The number of carbonyl (C=O) groups excluding carboxylic acids is 1. The second kappa shape index (κ2) is 9.67. The van der Waals surface area contributed by atoms with Gasteiger partial charge in [0.05, 0.1) is 4.90 Å². The van der Waals surface area contributed by atoms with E-state index in [1.807, 2.05) is 43.3 Å². The first-order valence-corrected chi connectivity index (χ1v) is 12.7. The van der Waals surface area contributed by atoms with E-state index in [-0.39, 0.29) is 16.4 Å². The Kier molecular flexibility index (Phi) is 6.70. The largest absolute Gasteiger partial charge is 0.372 e.